The lowest BCUT2D eigenvalue weighted by Gasteiger charge is -2.25. The van der Waals surface area contributed by atoms with E-state index in [9.17, 15) is 14.3 Å². The van der Waals surface area contributed by atoms with Gasteiger partial charge in [0.25, 0.3) is 0 Å². The minimum atomic E-state index is -1.13. The molecular formula is C16H16FNO2. The fourth-order valence-corrected chi connectivity index (χ4v) is 2.20. The van der Waals surface area contributed by atoms with Crippen LogP contribution >= 0.6 is 0 Å². The second-order valence-corrected chi connectivity index (χ2v) is 4.55. The van der Waals surface area contributed by atoms with Crippen molar-refractivity contribution in [2.75, 3.05) is 11.4 Å². The molecule has 0 saturated carbocycles. The Kier molecular flexibility index (Phi) is 4.03. The van der Waals surface area contributed by atoms with Crippen molar-refractivity contribution in [2.24, 2.45) is 0 Å². The third-order valence-electron chi connectivity index (χ3n) is 3.11. The zero-order valence-electron chi connectivity index (χ0n) is 11.4. The molecule has 0 spiro atoms. The number of hydrogen-bond acceptors (Lipinski definition) is 2. The van der Waals surface area contributed by atoms with Crippen LogP contribution in [0.2, 0.25) is 0 Å². The van der Waals surface area contributed by atoms with E-state index in [1.54, 1.807) is 0 Å². The van der Waals surface area contributed by atoms with E-state index in [0.717, 1.165) is 17.3 Å². The molecule has 2 rings (SSSR count). The maximum atomic E-state index is 13.3. The van der Waals surface area contributed by atoms with Crippen LogP contribution in [0.3, 0.4) is 0 Å². The lowest BCUT2D eigenvalue weighted by Crippen LogP contribution is -2.19. The van der Waals surface area contributed by atoms with E-state index in [-0.39, 0.29) is 5.56 Å². The number of carboxylic acids is 1. The quantitative estimate of drug-likeness (QED) is 0.915. The van der Waals surface area contributed by atoms with E-state index >= 15 is 0 Å². The second-order valence-electron chi connectivity index (χ2n) is 4.55. The maximum absolute atomic E-state index is 13.3. The van der Waals surface area contributed by atoms with Crippen molar-refractivity contribution in [3.63, 3.8) is 0 Å². The van der Waals surface area contributed by atoms with Crippen LogP contribution in [-0.2, 0) is 0 Å². The highest BCUT2D eigenvalue weighted by Crippen LogP contribution is 2.29. The molecule has 4 heteroatoms. The van der Waals surface area contributed by atoms with Crippen molar-refractivity contribution in [3.05, 3.63) is 59.4 Å². The Morgan fingerprint density at radius 1 is 1.25 bits per heavy atom. The van der Waals surface area contributed by atoms with E-state index in [2.05, 4.69) is 0 Å². The highest BCUT2D eigenvalue weighted by Gasteiger charge is 2.17. The van der Waals surface area contributed by atoms with Crippen LogP contribution in [0.4, 0.5) is 15.8 Å². The summed E-state index contributed by atoms with van der Waals surface area (Å²) in [5.41, 5.74) is 2.43. The minimum absolute atomic E-state index is 0.0339. The SMILES string of the molecule is CCN(c1cccc(C)c1)c1ccc(F)cc1C(=O)O. The summed E-state index contributed by atoms with van der Waals surface area (Å²) in [5, 5.41) is 9.24. The van der Waals surface area contributed by atoms with E-state index < -0.39 is 11.8 Å². The second kappa shape index (κ2) is 5.74. The first-order valence-electron chi connectivity index (χ1n) is 6.40. The summed E-state index contributed by atoms with van der Waals surface area (Å²) >= 11 is 0. The summed E-state index contributed by atoms with van der Waals surface area (Å²) in [6, 6.07) is 11.6. The number of nitrogens with zero attached hydrogens (tertiary/aromatic N) is 1. The number of aryl methyl sites for hydroxylation is 1. The third-order valence-corrected chi connectivity index (χ3v) is 3.11. The standard InChI is InChI=1S/C16H16FNO2/c1-3-18(13-6-4-5-11(2)9-13)15-8-7-12(17)10-14(15)16(19)20/h4-10H,3H2,1-2H3,(H,19,20). The van der Waals surface area contributed by atoms with Crippen LogP contribution in [0.25, 0.3) is 0 Å². The Hall–Kier alpha value is -2.36. The van der Waals surface area contributed by atoms with E-state index in [1.165, 1.54) is 12.1 Å². The van der Waals surface area contributed by atoms with Crippen molar-refractivity contribution in [2.45, 2.75) is 13.8 Å². The Balaban J connectivity index is 2.55. The molecule has 0 aliphatic rings. The molecule has 3 nitrogen and oxygen atoms in total. The number of carbonyl (C=O) groups is 1. The molecule has 0 saturated heterocycles. The van der Waals surface area contributed by atoms with Gasteiger partial charge in [-0.25, -0.2) is 9.18 Å². The van der Waals surface area contributed by atoms with Crippen molar-refractivity contribution in [3.8, 4) is 0 Å². The van der Waals surface area contributed by atoms with Crippen LogP contribution in [0, 0.1) is 12.7 Å². The smallest absolute Gasteiger partial charge is 0.337 e. The summed E-state index contributed by atoms with van der Waals surface area (Å²) in [6.45, 7) is 4.49. The number of aromatic carboxylic acids is 1. The van der Waals surface area contributed by atoms with Gasteiger partial charge in [0.15, 0.2) is 0 Å². The maximum Gasteiger partial charge on any atom is 0.337 e. The van der Waals surface area contributed by atoms with Gasteiger partial charge in [0.05, 0.1) is 11.3 Å². The number of carboxylic acid groups (broad SMARTS) is 1. The minimum Gasteiger partial charge on any atom is -0.478 e. The Bertz CT molecular complexity index is 640. The fraction of sp³-hybridized carbons (Fsp3) is 0.188. The summed E-state index contributed by atoms with van der Waals surface area (Å²) in [6.07, 6.45) is 0. The molecule has 20 heavy (non-hydrogen) atoms. The van der Waals surface area contributed by atoms with E-state index in [4.69, 9.17) is 0 Å². The number of anilines is 2. The van der Waals surface area contributed by atoms with Gasteiger partial charge in [-0.2, -0.15) is 0 Å². The van der Waals surface area contributed by atoms with Crippen LogP contribution in [-0.4, -0.2) is 17.6 Å². The predicted molar refractivity (Wildman–Crippen MR) is 77.2 cm³/mol. The fourth-order valence-electron chi connectivity index (χ4n) is 2.20. The van der Waals surface area contributed by atoms with Gasteiger partial charge >= 0.3 is 5.97 Å². The van der Waals surface area contributed by atoms with Gasteiger partial charge in [0, 0.05) is 12.2 Å². The zero-order chi connectivity index (χ0) is 14.7. The van der Waals surface area contributed by atoms with Gasteiger partial charge in [-0.15, -0.1) is 0 Å². The normalized spacial score (nSPS) is 10.3. The first-order valence-corrected chi connectivity index (χ1v) is 6.40. The lowest BCUT2D eigenvalue weighted by molar-refractivity contribution is 0.0697. The molecule has 2 aromatic carbocycles. The highest BCUT2D eigenvalue weighted by molar-refractivity contribution is 5.95. The Morgan fingerprint density at radius 3 is 2.60 bits per heavy atom. The monoisotopic (exact) mass is 273 g/mol. The van der Waals surface area contributed by atoms with Gasteiger partial charge in [-0.05, 0) is 49.7 Å². The molecule has 0 amide bonds. The first-order chi connectivity index (χ1) is 9.52. The Morgan fingerprint density at radius 2 is 2.00 bits per heavy atom. The molecular weight excluding hydrogens is 257 g/mol. The van der Waals surface area contributed by atoms with Crippen LogP contribution in [0.5, 0.6) is 0 Å². The van der Waals surface area contributed by atoms with Crippen molar-refractivity contribution in [1.29, 1.82) is 0 Å². The molecule has 0 unspecified atom stereocenters. The predicted octanol–water partition coefficient (Wildman–Crippen LogP) is 3.99. The molecule has 0 radical (unpaired) electrons. The summed E-state index contributed by atoms with van der Waals surface area (Å²) in [5.74, 6) is -1.68. The molecule has 2 aromatic rings. The van der Waals surface area contributed by atoms with Crippen LogP contribution in [0.15, 0.2) is 42.5 Å². The first kappa shape index (κ1) is 14.1. The highest BCUT2D eigenvalue weighted by atomic mass is 19.1. The summed E-state index contributed by atoms with van der Waals surface area (Å²) < 4.78 is 13.3. The van der Waals surface area contributed by atoms with Crippen LogP contribution in [0.1, 0.15) is 22.8 Å². The van der Waals surface area contributed by atoms with Gasteiger partial charge in [0.1, 0.15) is 5.82 Å². The molecule has 0 heterocycles. The van der Waals surface area contributed by atoms with Gasteiger partial charge in [-0.1, -0.05) is 12.1 Å². The molecule has 0 fully saturated rings. The lowest BCUT2D eigenvalue weighted by atomic mass is 10.1. The van der Waals surface area contributed by atoms with Crippen molar-refractivity contribution < 1.29 is 14.3 Å². The van der Waals surface area contributed by atoms with Gasteiger partial charge in [-0.3, -0.25) is 0 Å². The third kappa shape index (κ3) is 2.79. The number of rotatable bonds is 4. The molecule has 0 bridgehead atoms. The molecule has 0 aliphatic heterocycles. The topological polar surface area (TPSA) is 40.5 Å². The largest absolute Gasteiger partial charge is 0.478 e. The van der Waals surface area contributed by atoms with E-state index in [1.807, 2.05) is 43.0 Å². The summed E-state index contributed by atoms with van der Waals surface area (Å²) in [4.78, 5) is 13.2. The molecule has 0 aromatic heterocycles. The average Bonchev–Trinajstić information content (AvgIpc) is 2.41. The van der Waals surface area contributed by atoms with Gasteiger partial charge in [0.2, 0.25) is 0 Å². The number of halogens is 1. The molecule has 0 atom stereocenters. The van der Waals surface area contributed by atoms with Crippen LogP contribution < -0.4 is 4.90 Å². The number of hydrogen-bond donors (Lipinski definition) is 1. The van der Waals surface area contributed by atoms with Gasteiger partial charge < -0.3 is 10.0 Å². The zero-order valence-corrected chi connectivity index (χ0v) is 11.4. The average molecular weight is 273 g/mol. The Labute approximate surface area is 117 Å². The number of benzene rings is 2. The molecule has 104 valence electrons. The molecule has 1 N–H and O–H groups in total. The van der Waals surface area contributed by atoms with Crippen molar-refractivity contribution in [1.82, 2.24) is 0 Å². The molecule has 0 aliphatic carbocycles. The van der Waals surface area contributed by atoms with Crippen molar-refractivity contribution >= 4 is 17.3 Å². The van der Waals surface area contributed by atoms with E-state index in [0.29, 0.717) is 12.2 Å². The summed E-state index contributed by atoms with van der Waals surface area (Å²) in [7, 11) is 0.